The first-order valence-electron chi connectivity index (χ1n) is 11.5. The van der Waals surface area contributed by atoms with Crippen molar-refractivity contribution in [1.29, 1.82) is 5.26 Å². The van der Waals surface area contributed by atoms with E-state index in [4.69, 9.17) is 23.2 Å². The molecule has 2 heterocycles. The maximum atomic E-state index is 12.7. The Balaban J connectivity index is 1.40. The number of thiophene rings is 1. The topological polar surface area (TPSA) is 113 Å². The standard InChI is InChI=1S/C24H24Cl2N6O2S2/c1-3-32-21(13(2)28-22(34)16-9-8-14(25)10-18(16)26)30-31-24(32)35-12-20(33)29-23-17(11-27)15-6-4-5-7-19(15)36-23/h8-10,13H,3-7,12H2,1-2H3,(H,28,34)(H,29,33)/t13-/m1/s1. The highest BCUT2D eigenvalue weighted by atomic mass is 35.5. The van der Waals surface area contributed by atoms with Crippen LogP contribution in [0, 0.1) is 11.3 Å². The summed E-state index contributed by atoms with van der Waals surface area (Å²) >= 11 is 14.8. The van der Waals surface area contributed by atoms with Gasteiger partial charge >= 0.3 is 0 Å². The average Bonchev–Trinajstić information content (AvgIpc) is 3.42. The van der Waals surface area contributed by atoms with Gasteiger partial charge in [0, 0.05) is 16.4 Å². The van der Waals surface area contributed by atoms with Gasteiger partial charge in [0.2, 0.25) is 5.91 Å². The van der Waals surface area contributed by atoms with Crippen LogP contribution in [-0.2, 0) is 24.2 Å². The van der Waals surface area contributed by atoms with E-state index in [0.717, 1.165) is 31.2 Å². The number of amides is 2. The van der Waals surface area contributed by atoms with E-state index in [1.54, 1.807) is 19.1 Å². The first-order chi connectivity index (χ1) is 17.3. The zero-order valence-electron chi connectivity index (χ0n) is 19.7. The Bertz CT molecular complexity index is 1350. The quantitative estimate of drug-likeness (QED) is 0.343. The van der Waals surface area contributed by atoms with Crippen molar-refractivity contribution in [3.63, 3.8) is 0 Å². The molecule has 0 fully saturated rings. The Hall–Kier alpha value is -2.58. The number of thioether (sulfide) groups is 1. The molecule has 8 nitrogen and oxygen atoms in total. The molecule has 1 aromatic carbocycles. The van der Waals surface area contributed by atoms with E-state index in [1.165, 1.54) is 34.0 Å². The van der Waals surface area contributed by atoms with E-state index < -0.39 is 6.04 Å². The normalized spacial score (nSPS) is 13.5. The third kappa shape index (κ3) is 5.70. The number of carbonyl (C=O) groups is 2. The van der Waals surface area contributed by atoms with Crippen LogP contribution >= 0.6 is 46.3 Å². The summed E-state index contributed by atoms with van der Waals surface area (Å²) in [5.41, 5.74) is 1.99. The molecule has 0 saturated heterocycles. The van der Waals surface area contributed by atoms with E-state index in [1.807, 2.05) is 11.5 Å². The molecular weight excluding hydrogens is 539 g/mol. The number of aryl methyl sites for hydroxylation is 1. The van der Waals surface area contributed by atoms with Gasteiger partial charge in [-0.1, -0.05) is 35.0 Å². The zero-order chi connectivity index (χ0) is 25.8. The lowest BCUT2D eigenvalue weighted by Crippen LogP contribution is -2.29. The number of carbonyl (C=O) groups excluding carboxylic acids is 2. The third-order valence-electron chi connectivity index (χ3n) is 5.84. The van der Waals surface area contributed by atoms with Gasteiger partial charge in [0.25, 0.3) is 5.91 Å². The van der Waals surface area contributed by atoms with Gasteiger partial charge in [0.1, 0.15) is 11.1 Å². The van der Waals surface area contributed by atoms with Crippen LogP contribution in [0.3, 0.4) is 0 Å². The molecule has 4 rings (SSSR count). The van der Waals surface area contributed by atoms with Crippen LogP contribution in [0.25, 0.3) is 0 Å². The minimum absolute atomic E-state index is 0.118. The second-order valence-corrected chi connectivity index (χ2v) is 11.2. The van der Waals surface area contributed by atoms with Gasteiger partial charge in [0.15, 0.2) is 11.0 Å². The monoisotopic (exact) mass is 562 g/mol. The smallest absolute Gasteiger partial charge is 0.253 e. The fraction of sp³-hybridized carbons (Fsp3) is 0.375. The number of rotatable bonds is 8. The summed E-state index contributed by atoms with van der Waals surface area (Å²) in [6, 6.07) is 6.50. The van der Waals surface area contributed by atoms with Crippen LogP contribution in [0.4, 0.5) is 5.00 Å². The average molecular weight is 564 g/mol. The highest BCUT2D eigenvalue weighted by molar-refractivity contribution is 7.99. The van der Waals surface area contributed by atoms with E-state index >= 15 is 0 Å². The minimum atomic E-state index is -0.449. The lowest BCUT2D eigenvalue weighted by atomic mass is 9.96. The predicted octanol–water partition coefficient (Wildman–Crippen LogP) is 5.64. The van der Waals surface area contributed by atoms with Crippen molar-refractivity contribution < 1.29 is 9.59 Å². The molecule has 188 valence electrons. The molecule has 0 radical (unpaired) electrons. The number of hydrogen-bond donors (Lipinski definition) is 2. The maximum absolute atomic E-state index is 12.7. The van der Waals surface area contributed by atoms with Crippen molar-refractivity contribution in [1.82, 2.24) is 20.1 Å². The predicted molar refractivity (Wildman–Crippen MR) is 143 cm³/mol. The van der Waals surface area contributed by atoms with Crippen molar-refractivity contribution in [2.45, 2.75) is 57.3 Å². The summed E-state index contributed by atoms with van der Waals surface area (Å²) in [7, 11) is 0. The number of nitrogens with zero attached hydrogens (tertiary/aromatic N) is 4. The molecule has 2 aromatic heterocycles. The highest BCUT2D eigenvalue weighted by Gasteiger charge is 2.23. The summed E-state index contributed by atoms with van der Waals surface area (Å²) in [6.07, 6.45) is 4.03. The van der Waals surface area contributed by atoms with Gasteiger partial charge in [-0.15, -0.1) is 21.5 Å². The van der Waals surface area contributed by atoms with Crippen LogP contribution in [0.1, 0.15) is 64.9 Å². The zero-order valence-corrected chi connectivity index (χ0v) is 22.9. The second kappa shape index (κ2) is 11.6. The van der Waals surface area contributed by atoms with Gasteiger partial charge in [-0.25, -0.2) is 0 Å². The Morgan fingerprint density at radius 3 is 2.78 bits per heavy atom. The number of benzene rings is 1. The van der Waals surface area contributed by atoms with Crippen LogP contribution in [-0.4, -0.2) is 32.3 Å². The number of halogens is 2. The maximum Gasteiger partial charge on any atom is 0.253 e. The molecule has 0 unspecified atom stereocenters. The lowest BCUT2D eigenvalue weighted by Gasteiger charge is -2.15. The number of fused-ring (bicyclic) bond motifs is 1. The summed E-state index contributed by atoms with van der Waals surface area (Å²) < 4.78 is 1.86. The molecule has 1 aliphatic carbocycles. The molecule has 0 bridgehead atoms. The Morgan fingerprint density at radius 2 is 2.06 bits per heavy atom. The highest BCUT2D eigenvalue weighted by Crippen LogP contribution is 2.37. The van der Waals surface area contributed by atoms with Crippen molar-refractivity contribution in [2.75, 3.05) is 11.1 Å². The number of nitriles is 1. The van der Waals surface area contributed by atoms with Crippen molar-refractivity contribution in [2.24, 2.45) is 0 Å². The molecule has 1 aliphatic rings. The van der Waals surface area contributed by atoms with E-state index in [-0.39, 0.29) is 22.6 Å². The SMILES string of the molecule is CCn1c(SCC(=O)Nc2sc3c(c2C#N)CCCC3)nnc1[C@@H](C)NC(=O)c1ccc(Cl)cc1Cl. The summed E-state index contributed by atoms with van der Waals surface area (Å²) in [5.74, 6) is 0.125. The molecule has 0 saturated carbocycles. The molecule has 1 atom stereocenters. The van der Waals surface area contributed by atoms with Gasteiger partial charge in [-0.05, 0) is 63.3 Å². The molecular formula is C24H24Cl2N6O2S2. The summed E-state index contributed by atoms with van der Waals surface area (Å²) in [5, 5.41) is 25.8. The Kier molecular flexibility index (Phi) is 8.57. The van der Waals surface area contributed by atoms with Crippen LogP contribution in [0.2, 0.25) is 10.0 Å². The van der Waals surface area contributed by atoms with Gasteiger partial charge < -0.3 is 15.2 Å². The number of nitrogens with one attached hydrogen (secondary N) is 2. The van der Waals surface area contributed by atoms with Crippen molar-refractivity contribution >= 4 is 63.1 Å². The van der Waals surface area contributed by atoms with Gasteiger partial charge in [-0.3, -0.25) is 9.59 Å². The number of anilines is 1. The molecule has 12 heteroatoms. The largest absolute Gasteiger partial charge is 0.342 e. The van der Waals surface area contributed by atoms with Crippen LogP contribution in [0.5, 0.6) is 0 Å². The summed E-state index contributed by atoms with van der Waals surface area (Å²) in [4.78, 5) is 26.6. The molecule has 3 aromatic rings. The first-order valence-corrected chi connectivity index (χ1v) is 14.0. The molecule has 2 amide bonds. The van der Waals surface area contributed by atoms with Crippen LogP contribution in [0.15, 0.2) is 23.4 Å². The third-order valence-corrected chi connectivity index (χ3v) is 8.56. The van der Waals surface area contributed by atoms with Gasteiger partial charge in [-0.2, -0.15) is 5.26 Å². The molecule has 0 spiro atoms. The van der Waals surface area contributed by atoms with Gasteiger partial charge in [0.05, 0.1) is 27.9 Å². The number of hydrogen-bond acceptors (Lipinski definition) is 7. The summed E-state index contributed by atoms with van der Waals surface area (Å²) in [6.45, 7) is 4.31. The Morgan fingerprint density at radius 1 is 1.28 bits per heavy atom. The Labute approximate surface area is 227 Å². The molecule has 36 heavy (non-hydrogen) atoms. The van der Waals surface area contributed by atoms with Crippen molar-refractivity contribution in [3.05, 3.63) is 55.6 Å². The molecule has 2 N–H and O–H groups in total. The van der Waals surface area contributed by atoms with E-state index in [9.17, 15) is 14.9 Å². The first kappa shape index (κ1) is 26.5. The molecule has 0 aliphatic heterocycles. The second-order valence-electron chi connectivity index (χ2n) is 8.27. The number of aromatic nitrogens is 3. The van der Waals surface area contributed by atoms with E-state index in [2.05, 4.69) is 26.9 Å². The van der Waals surface area contributed by atoms with E-state index in [0.29, 0.717) is 38.7 Å². The minimum Gasteiger partial charge on any atom is -0.342 e. The fourth-order valence-electron chi connectivity index (χ4n) is 4.10. The van der Waals surface area contributed by atoms with Crippen molar-refractivity contribution in [3.8, 4) is 6.07 Å². The van der Waals surface area contributed by atoms with Crippen LogP contribution < -0.4 is 10.6 Å². The fourth-order valence-corrected chi connectivity index (χ4v) is 6.66. The lowest BCUT2D eigenvalue weighted by molar-refractivity contribution is -0.113.